The first kappa shape index (κ1) is 7.73. The highest BCUT2D eigenvalue weighted by molar-refractivity contribution is 9.10. The van der Waals surface area contributed by atoms with Crippen LogP contribution in [0.4, 0.5) is 0 Å². The van der Waals surface area contributed by atoms with Crippen LogP contribution in [0.1, 0.15) is 18.9 Å². The molecule has 0 N–H and O–H groups in total. The number of rotatable bonds is 2. The molecule has 0 unspecified atom stereocenters. The summed E-state index contributed by atoms with van der Waals surface area (Å²) in [7, 11) is 0. The van der Waals surface area contributed by atoms with Gasteiger partial charge in [0.1, 0.15) is 4.60 Å². The van der Waals surface area contributed by atoms with Crippen LogP contribution in [0.2, 0.25) is 0 Å². The summed E-state index contributed by atoms with van der Waals surface area (Å²) in [6.45, 7) is 2.17. The van der Waals surface area contributed by atoms with Crippen molar-refractivity contribution in [1.29, 1.82) is 0 Å². The zero-order valence-electron chi connectivity index (χ0n) is 5.97. The van der Waals surface area contributed by atoms with Crippen LogP contribution in [0, 0.1) is 0 Å². The fourth-order valence-corrected chi connectivity index (χ4v) is 1.30. The average Bonchev–Trinajstić information content (AvgIpc) is 1.88. The Labute approximate surface area is 69.6 Å². The molecule has 0 saturated carbocycles. The van der Waals surface area contributed by atoms with Crippen molar-refractivity contribution in [2.24, 2.45) is 0 Å². The number of hydrogen-bond acceptors (Lipinski definition) is 1. The summed E-state index contributed by atoms with van der Waals surface area (Å²) >= 11 is 3.32. The van der Waals surface area contributed by atoms with Crippen molar-refractivity contribution in [2.75, 3.05) is 0 Å². The van der Waals surface area contributed by atoms with E-state index in [4.69, 9.17) is 0 Å². The number of aromatic nitrogens is 1. The average molecular weight is 200 g/mol. The van der Waals surface area contributed by atoms with E-state index in [0.717, 1.165) is 11.0 Å². The Morgan fingerprint density at radius 2 is 2.40 bits per heavy atom. The predicted octanol–water partition coefficient (Wildman–Crippen LogP) is 2.80. The molecule has 0 aliphatic heterocycles. The maximum absolute atomic E-state index is 4.04. The Bertz CT molecular complexity index is 210. The molecular formula is C8H10BrN. The van der Waals surface area contributed by atoms with Crippen LogP contribution in [-0.4, -0.2) is 4.98 Å². The van der Waals surface area contributed by atoms with Gasteiger partial charge in [0.15, 0.2) is 0 Å². The summed E-state index contributed by atoms with van der Waals surface area (Å²) in [5, 5.41) is 0. The Kier molecular flexibility index (Phi) is 2.87. The molecule has 0 atom stereocenters. The molecule has 1 nitrogen and oxygen atoms in total. The van der Waals surface area contributed by atoms with Gasteiger partial charge in [0, 0.05) is 6.20 Å². The van der Waals surface area contributed by atoms with Crippen LogP contribution in [-0.2, 0) is 6.42 Å². The maximum atomic E-state index is 4.04. The monoisotopic (exact) mass is 199 g/mol. The lowest BCUT2D eigenvalue weighted by Crippen LogP contribution is -1.83. The van der Waals surface area contributed by atoms with Crippen molar-refractivity contribution in [3.63, 3.8) is 0 Å². The van der Waals surface area contributed by atoms with Crippen molar-refractivity contribution in [1.82, 2.24) is 4.98 Å². The van der Waals surface area contributed by atoms with E-state index in [-0.39, 0.29) is 0 Å². The van der Waals surface area contributed by atoms with Gasteiger partial charge in [0.25, 0.3) is 0 Å². The summed E-state index contributed by atoms with van der Waals surface area (Å²) in [5.74, 6) is 0. The first-order valence-electron chi connectivity index (χ1n) is 3.43. The van der Waals surface area contributed by atoms with Crippen LogP contribution < -0.4 is 0 Å². The molecule has 0 aliphatic rings. The summed E-state index contributed by atoms with van der Waals surface area (Å²) in [6, 6.07) is 4.11. The second kappa shape index (κ2) is 3.71. The highest BCUT2D eigenvalue weighted by Crippen LogP contribution is 2.09. The van der Waals surface area contributed by atoms with Crippen molar-refractivity contribution >= 4 is 15.9 Å². The second-order valence-electron chi connectivity index (χ2n) is 2.24. The van der Waals surface area contributed by atoms with E-state index >= 15 is 0 Å². The smallest absolute Gasteiger partial charge is 0.106 e. The number of nitrogens with zero attached hydrogens (tertiary/aromatic N) is 1. The van der Waals surface area contributed by atoms with Gasteiger partial charge in [0.05, 0.1) is 0 Å². The zero-order chi connectivity index (χ0) is 7.40. The number of halogens is 1. The van der Waals surface area contributed by atoms with Crippen LogP contribution in [0.25, 0.3) is 0 Å². The van der Waals surface area contributed by atoms with Crippen LogP contribution in [0.3, 0.4) is 0 Å². The molecule has 1 heterocycles. The van der Waals surface area contributed by atoms with E-state index in [9.17, 15) is 0 Å². The quantitative estimate of drug-likeness (QED) is 0.669. The third kappa shape index (κ3) is 2.10. The summed E-state index contributed by atoms with van der Waals surface area (Å²) in [4.78, 5) is 4.04. The standard InChI is InChI=1S/C8H10BrN/c1-2-3-7-4-5-10-8(9)6-7/h4-6H,2-3H2,1H3. The Hall–Kier alpha value is -0.370. The maximum Gasteiger partial charge on any atom is 0.106 e. The highest BCUT2D eigenvalue weighted by Gasteiger charge is 1.91. The lowest BCUT2D eigenvalue weighted by atomic mass is 10.2. The van der Waals surface area contributed by atoms with E-state index in [0.29, 0.717) is 0 Å². The Balaban J connectivity index is 2.75. The molecule has 1 aromatic rings. The first-order chi connectivity index (χ1) is 4.83. The minimum Gasteiger partial charge on any atom is -0.249 e. The van der Waals surface area contributed by atoms with E-state index < -0.39 is 0 Å². The largest absolute Gasteiger partial charge is 0.249 e. The fraction of sp³-hybridized carbons (Fsp3) is 0.375. The summed E-state index contributed by atoms with van der Waals surface area (Å²) in [5.41, 5.74) is 1.35. The molecule has 0 bridgehead atoms. The van der Waals surface area contributed by atoms with Gasteiger partial charge in [-0.2, -0.15) is 0 Å². The molecule has 1 rings (SSSR count). The topological polar surface area (TPSA) is 12.9 Å². The number of hydrogen-bond donors (Lipinski definition) is 0. The fourth-order valence-electron chi connectivity index (χ4n) is 0.887. The van der Waals surface area contributed by atoms with Gasteiger partial charge in [-0.3, -0.25) is 0 Å². The van der Waals surface area contributed by atoms with Crippen LogP contribution in [0.15, 0.2) is 22.9 Å². The second-order valence-corrected chi connectivity index (χ2v) is 3.05. The number of pyridine rings is 1. The molecule has 0 saturated heterocycles. The van der Waals surface area contributed by atoms with Crippen molar-refractivity contribution in [3.8, 4) is 0 Å². The molecular weight excluding hydrogens is 190 g/mol. The van der Waals surface area contributed by atoms with Gasteiger partial charge in [0.2, 0.25) is 0 Å². The van der Waals surface area contributed by atoms with E-state index in [1.807, 2.05) is 12.3 Å². The lowest BCUT2D eigenvalue weighted by molar-refractivity contribution is 0.916. The molecule has 0 fully saturated rings. The normalized spacial score (nSPS) is 9.80. The third-order valence-corrected chi connectivity index (χ3v) is 1.76. The van der Waals surface area contributed by atoms with Crippen LogP contribution in [0.5, 0.6) is 0 Å². The Morgan fingerprint density at radius 1 is 1.60 bits per heavy atom. The van der Waals surface area contributed by atoms with Gasteiger partial charge in [-0.25, -0.2) is 4.98 Å². The van der Waals surface area contributed by atoms with Gasteiger partial charge < -0.3 is 0 Å². The minimum absolute atomic E-state index is 0.929. The molecule has 54 valence electrons. The molecule has 0 amide bonds. The van der Waals surface area contributed by atoms with E-state index in [2.05, 4.69) is 33.9 Å². The van der Waals surface area contributed by atoms with Gasteiger partial charge >= 0.3 is 0 Å². The van der Waals surface area contributed by atoms with Gasteiger partial charge in [-0.05, 0) is 40.0 Å². The van der Waals surface area contributed by atoms with Crippen molar-refractivity contribution in [2.45, 2.75) is 19.8 Å². The molecule has 0 aliphatic carbocycles. The summed E-state index contributed by atoms with van der Waals surface area (Å²) < 4.78 is 0.929. The zero-order valence-corrected chi connectivity index (χ0v) is 7.56. The summed E-state index contributed by atoms with van der Waals surface area (Å²) in [6.07, 6.45) is 4.16. The van der Waals surface area contributed by atoms with Crippen LogP contribution >= 0.6 is 15.9 Å². The van der Waals surface area contributed by atoms with Crippen molar-refractivity contribution < 1.29 is 0 Å². The Morgan fingerprint density at radius 3 is 3.00 bits per heavy atom. The first-order valence-corrected chi connectivity index (χ1v) is 4.22. The third-order valence-electron chi connectivity index (χ3n) is 1.33. The minimum atomic E-state index is 0.929. The van der Waals surface area contributed by atoms with Gasteiger partial charge in [-0.15, -0.1) is 0 Å². The van der Waals surface area contributed by atoms with Gasteiger partial charge in [-0.1, -0.05) is 13.3 Å². The molecule has 0 radical (unpaired) electrons. The molecule has 10 heavy (non-hydrogen) atoms. The molecule has 0 spiro atoms. The highest BCUT2D eigenvalue weighted by atomic mass is 79.9. The lowest BCUT2D eigenvalue weighted by Gasteiger charge is -1.96. The molecule has 1 aromatic heterocycles. The van der Waals surface area contributed by atoms with E-state index in [1.165, 1.54) is 12.0 Å². The molecule has 0 aromatic carbocycles. The molecule has 2 heteroatoms. The SMILES string of the molecule is CCCc1ccnc(Br)c1. The number of aryl methyl sites for hydroxylation is 1. The van der Waals surface area contributed by atoms with Crippen molar-refractivity contribution in [3.05, 3.63) is 28.5 Å². The predicted molar refractivity (Wildman–Crippen MR) is 45.9 cm³/mol. The van der Waals surface area contributed by atoms with E-state index in [1.54, 1.807) is 0 Å².